The molecule has 0 aliphatic carbocycles. The van der Waals surface area contributed by atoms with Gasteiger partial charge in [0.25, 0.3) is 5.56 Å². The molecule has 1 N–H and O–H groups in total. The third-order valence-electron chi connectivity index (χ3n) is 5.37. The highest BCUT2D eigenvalue weighted by Crippen LogP contribution is 2.23. The van der Waals surface area contributed by atoms with Crippen molar-refractivity contribution in [3.63, 3.8) is 0 Å². The zero-order valence-corrected chi connectivity index (χ0v) is 19.9. The van der Waals surface area contributed by atoms with Gasteiger partial charge in [-0.25, -0.2) is 13.1 Å². The Kier molecular flexibility index (Phi) is 6.83. The minimum Gasteiger partial charge on any atom is -0.292 e. The first kappa shape index (κ1) is 23.7. The highest BCUT2D eigenvalue weighted by Gasteiger charge is 2.29. The molecular weight excluding hydrogens is 474 g/mol. The number of carbonyl (C=O) groups is 1. The molecule has 0 atom stereocenters. The number of carbonyl (C=O) groups excluding carboxylic acids is 1. The zero-order valence-electron chi connectivity index (χ0n) is 18.3. The highest BCUT2D eigenvalue weighted by atomic mass is 35.5. The van der Waals surface area contributed by atoms with Gasteiger partial charge in [-0.15, -0.1) is 0 Å². The molecule has 34 heavy (non-hydrogen) atoms. The second-order valence-electron chi connectivity index (χ2n) is 7.51. The van der Waals surface area contributed by atoms with Crippen molar-refractivity contribution in [1.82, 2.24) is 14.1 Å². The summed E-state index contributed by atoms with van der Waals surface area (Å²) >= 11 is 5.97. The molecule has 1 heterocycles. The lowest BCUT2D eigenvalue weighted by atomic mass is 10.1. The number of nitrogens with one attached hydrogen (secondary N) is 1. The molecule has 0 aliphatic heterocycles. The van der Waals surface area contributed by atoms with Gasteiger partial charge in [-0.3, -0.25) is 14.7 Å². The topological polar surface area (TPSA) is 92.2 Å². The maximum atomic E-state index is 13.4. The number of aromatic amines is 1. The van der Waals surface area contributed by atoms with E-state index in [-0.39, 0.29) is 17.0 Å². The van der Waals surface area contributed by atoms with Crippen LogP contribution in [0.2, 0.25) is 5.02 Å². The Morgan fingerprint density at radius 2 is 1.53 bits per heavy atom. The van der Waals surface area contributed by atoms with Gasteiger partial charge in [-0.05, 0) is 36.4 Å². The molecule has 0 spiro atoms. The molecule has 3 aromatic carbocycles. The molecule has 0 unspecified atom stereocenters. The van der Waals surface area contributed by atoms with Crippen molar-refractivity contribution < 1.29 is 13.2 Å². The van der Waals surface area contributed by atoms with Crippen LogP contribution in [0.5, 0.6) is 0 Å². The maximum absolute atomic E-state index is 13.4. The van der Waals surface area contributed by atoms with Crippen LogP contribution in [0.3, 0.4) is 0 Å². The summed E-state index contributed by atoms with van der Waals surface area (Å²) in [6, 6.07) is 23.4. The maximum Gasteiger partial charge on any atom is 0.282 e. The second kappa shape index (κ2) is 9.80. The summed E-state index contributed by atoms with van der Waals surface area (Å²) in [7, 11) is -3.92. The lowest BCUT2D eigenvalue weighted by Gasteiger charge is -2.19. The Balaban J connectivity index is 1.79. The third kappa shape index (κ3) is 4.61. The first-order valence-electron chi connectivity index (χ1n) is 10.6. The molecule has 174 valence electrons. The molecule has 9 heteroatoms. The van der Waals surface area contributed by atoms with Gasteiger partial charge in [0, 0.05) is 17.1 Å². The van der Waals surface area contributed by atoms with Crippen LogP contribution in [0.4, 0.5) is 0 Å². The van der Waals surface area contributed by atoms with Crippen molar-refractivity contribution in [2.45, 2.75) is 11.8 Å². The number of likely N-dealkylation sites (N-methyl/N-ethyl adjacent to an activating group) is 1. The van der Waals surface area contributed by atoms with E-state index in [0.29, 0.717) is 22.0 Å². The Morgan fingerprint density at radius 1 is 0.941 bits per heavy atom. The number of sulfonamides is 1. The molecule has 0 saturated carbocycles. The van der Waals surface area contributed by atoms with E-state index in [1.165, 1.54) is 16.8 Å². The van der Waals surface area contributed by atoms with E-state index in [9.17, 15) is 18.0 Å². The number of nitrogens with zero attached hydrogens (tertiary/aromatic N) is 2. The van der Waals surface area contributed by atoms with Gasteiger partial charge in [-0.2, -0.15) is 4.31 Å². The molecule has 0 saturated heterocycles. The number of benzene rings is 3. The molecule has 4 rings (SSSR count). The van der Waals surface area contributed by atoms with Crippen molar-refractivity contribution in [2.75, 3.05) is 13.1 Å². The van der Waals surface area contributed by atoms with Crippen LogP contribution in [0.1, 0.15) is 17.3 Å². The minimum atomic E-state index is -3.92. The van der Waals surface area contributed by atoms with Crippen LogP contribution >= 0.6 is 11.6 Å². The van der Waals surface area contributed by atoms with Crippen LogP contribution in [0.15, 0.2) is 94.6 Å². The molecule has 0 amide bonds. The van der Waals surface area contributed by atoms with Crippen LogP contribution in [0.25, 0.3) is 16.9 Å². The van der Waals surface area contributed by atoms with Crippen molar-refractivity contribution >= 4 is 27.4 Å². The molecule has 7 nitrogen and oxygen atoms in total. The SMILES string of the molecule is CCN(CC(=O)c1c(-c2ccccc2)[nH]n(-c2ccc(Cl)cc2)c1=O)S(=O)(=O)c1ccccc1. The van der Waals surface area contributed by atoms with Crippen molar-refractivity contribution in [3.05, 3.63) is 106 Å². The number of hydrogen-bond acceptors (Lipinski definition) is 4. The van der Waals surface area contributed by atoms with E-state index in [2.05, 4.69) is 5.10 Å². The molecule has 4 aromatic rings. The number of Topliss-reactive ketones (excluding diaryl/α,β-unsaturated/α-hetero) is 1. The third-order valence-corrected chi connectivity index (χ3v) is 7.56. The molecule has 0 radical (unpaired) electrons. The second-order valence-corrected chi connectivity index (χ2v) is 9.89. The summed E-state index contributed by atoms with van der Waals surface area (Å²) < 4.78 is 28.5. The summed E-state index contributed by atoms with van der Waals surface area (Å²) in [5, 5.41) is 3.52. The summed E-state index contributed by atoms with van der Waals surface area (Å²) in [6.07, 6.45) is 0. The monoisotopic (exact) mass is 495 g/mol. The van der Waals surface area contributed by atoms with Crippen LogP contribution < -0.4 is 5.56 Å². The summed E-state index contributed by atoms with van der Waals surface area (Å²) in [4.78, 5) is 26.9. The standard InChI is InChI=1S/C25H22ClN3O4S/c1-2-28(34(32,33)21-11-7-4-8-12-21)17-22(30)23-24(18-9-5-3-6-10-18)27-29(25(23)31)20-15-13-19(26)14-16-20/h3-16,27H,2,17H2,1H3. The predicted octanol–water partition coefficient (Wildman–Crippen LogP) is 4.38. The van der Waals surface area contributed by atoms with Gasteiger partial charge in [-0.1, -0.05) is 67.1 Å². The number of ketones is 1. The highest BCUT2D eigenvalue weighted by molar-refractivity contribution is 7.89. The Morgan fingerprint density at radius 3 is 2.12 bits per heavy atom. The molecule has 0 aliphatic rings. The van der Waals surface area contributed by atoms with Gasteiger partial charge in [0.2, 0.25) is 10.0 Å². The minimum absolute atomic E-state index is 0.0689. The van der Waals surface area contributed by atoms with Crippen molar-refractivity contribution in [1.29, 1.82) is 0 Å². The van der Waals surface area contributed by atoms with Gasteiger partial charge in [0.05, 0.1) is 22.8 Å². The number of H-pyrrole nitrogens is 1. The smallest absolute Gasteiger partial charge is 0.282 e. The van der Waals surface area contributed by atoms with Gasteiger partial charge in [0.1, 0.15) is 5.56 Å². The predicted molar refractivity (Wildman–Crippen MR) is 132 cm³/mol. The van der Waals surface area contributed by atoms with Crippen LogP contribution in [0, 0.1) is 0 Å². The van der Waals surface area contributed by atoms with E-state index in [1.54, 1.807) is 73.7 Å². The molecule has 0 bridgehead atoms. The molecule has 1 aromatic heterocycles. The normalized spacial score (nSPS) is 11.6. The molecular formula is C25H22ClN3O4S. The fourth-order valence-electron chi connectivity index (χ4n) is 3.63. The first-order valence-corrected chi connectivity index (χ1v) is 12.4. The van der Waals surface area contributed by atoms with Crippen molar-refractivity contribution in [2.24, 2.45) is 0 Å². The van der Waals surface area contributed by atoms with E-state index in [0.717, 1.165) is 4.31 Å². The average Bonchev–Trinajstić information content (AvgIpc) is 3.21. The van der Waals surface area contributed by atoms with Crippen LogP contribution in [-0.2, 0) is 10.0 Å². The zero-order chi connectivity index (χ0) is 24.3. The van der Waals surface area contributed by atoms with E-state index in [4.69, 9.17) is 11.6 Å². The van der Waals surface area contributed by atoms with Crippen molar-refractivity contribution in [3.8, 4) is 16.9 Å². The largest absolute Gasteiger partial charge is 0.292 e. The van der Waals surface area contributed by atoms with E-state index in [1.807, 2.05) is 6.07 Å². The number of aromatic nitrogens is 2. The average molecular weight is 496 g/mol. The van der Waals surface area contributed by atoms with Crippen LogP contribution in [-0.4, -0.2) is 41.4 Å². The fourth-order valence-corrected chi connectivity index (χ4v) is 5.18. The summed E-state index contributed by atoms with van der Waals surface area (Å²) in [6.45, 7) is 1.25. The van der Waals surface area contributed by atoms with Gasteiger partial charge >= 0.3 is 0 Å². The first-order chi connectivity index (χ1) is 16.3. The Bertz CT molecular complexity index is 1460. The van der Waals surface area contributed by atoms with Gasteiger partial charge < -0.3 is 0 Å². The number of halogens is 1. The van der Waals surface area contributed by atoms with E-state index >= 15 is 0 Å². The summed E-state index contributed by atoms with van der Waals surface area (Å²) in [5.41, 5.74) is 0.764. The Labute approximate surface area is 202 Å². The Hall–Kier alpha value is -3.46. The summed E-state index contributed by atoms with van der Waals surface area (Å²) in [5.74, 6) is -0.603. The molecule has 0 fully saturated rings. The number of hydrogen-bond donors (Lipinski definition) is 1. The quantitative estimate of drug-likeness (QED) is 0.367. The van der Waals surface area contributed by atoms with Gasteiger partial charge in [0.15, 0.2) is 5.78 Å². The lowest BCUT2D eigenvalue weighted by Crippen LogP contribution is -2.37. The fraction of sp³-hybridized carbons (Fsp3) is 0.120. The number of rotatable bonds is 8. The van der Waals surface area contributed by atoms with E-state index < -0.39 is 27.9 Å². The lowest BCUT2D eigenvalue weighted by molar-refractivity contribution is 0.0967.